The molecule has 0 amide bonds. The number of phenols is 1. The van der Waals surface area contributed by atoms with E-state index in [1.54, 1.807) is 12.1 Å². The van der Waals surface area contributed by atoms with Crippen LogP contribution in [-0.4, -0.2) is 5.11 Å². The van der Waals surface area contributed by atoms with Crippen molar-refractivity contribution in [3.05, 3.63) is 53.6 Å². The second kappa shape index (κ2) is 3.93. The molecule has 0 aliphatic rings. The zero-order chi connectivity index (χ0) is 11.7. The molecule has 1 nitrogen and oxygen atoms in total. The molecule has 2 rings (SSSR count). The van der Waals surface area contributed by atoms with Gasteiger partial charge in [0.2, 0.25) is 0 Å². The number of phenolic OH excluding ortho intramolecular Hbond substituents is 1. The number of hydrogen-bond donors (Lipinski definition) is 1. The molecule has 0 atom stereocenters. The van der Waals surface area contributed by atoms with Crippen molar-refractivity contribution in [2.75, 3.05) is 0 Å². The predicted molar refractivity (Wildman–Crippen MR) is 58.2 cm³/mol. The van der Waals surface area contributed by atoms with E-state index >= 15 is 0 Å². The van der Waals surface area contributed by atoms with E-state index in [9.17, 15) is 13.9 Å². The van der Waals surface area contributed by atoms with E-state index < -0.39 is 11.6 Å². The van der Waals surface area contributed by atoms with Crippen molar-refractivity contribution in [3.8, 4) is 16.9 Å². The Morgan fingerprint density at radius 2 is 1.75 bits per heavy atom. The number of rotatable bonds is 1. The smallest absolute Gasteiger partial charge is 0.166 e. The van der Waals surface area contributed by atoms with E-state index in [1.807, 2.05) is 6.92 Å². The third-order valence-corrected chi connectivity index (χ3v) is 2.39. The molecule has 0 aliphatic heterocycles. The first-order chi connectivity index (χ1) is 7.59. The first kappa shape index (κ1) is 10.6. The van der Waals surface area contributed by atoms with Gasteiger partial charge >= 0.3 is 0 Å². The van der Waals surface area contributed by atoms with Crippen LogP contribution in [0.2, 0.25) is 0 Å². The van der Waals surface area contributed by atoms with Gasteiger partial charge in [0.15, 0.2) is 11.6 Å². The lowest BCUT2D eigenvalue weighted by Gasteiger charge is -2.07. The Hall–Kier alpha value is -1.90. The van der Waals surface area contributed by atoms with Crippen molar-refractivity contribution in [1.29, 1.82) is 0 Å². The molecule has 0 spiro atoms. The van der Waals surface area contributed by atoms with E-state index in [0.717, 1.165) is 11.6 Å². The Morgan fingerprint density at radius 3 is 2.50 bits per heavy atom. The summed E-state index contributed by atoms with van der Waals surface area (Å²) in [6.45, 7) is 1.82. The van der Waals surface area contributed by atoms with Crippen LogP contribution in [0.25, 0.3) is 11.1 Å². The summed E-state index contributed by atoms with van der Waals surface area (Å²) in [4.78, 5) is 0. The summed E-state index contributed by atoms with van der Waals surface area (Å²) in [5.41, 5.74) is 1.25. The second-order valence-electron chi connectivity index (χ2n) is 3.62. The fraction of sp³-hybridized carbons (Fsp3) is 0.0769. The highest BCUT2D eigenvalue weighted by atomic mass is 19.2. The largest absolute Gasteiger partial charge is 0.507 e. The molecule has 0 unspecified atom stereocenters. The lowest BCUT2D eigenvalue weighted by Crippen LogP contribution is -1.90. The molecular weight excluding hydrogens is 210 g/mol. The van der Waals surface area contributed by atoms with Crippen LogP contribution in [0.15, 0.2) is 36.4 Å². The van der Waals surface area contributed by atoms with E-state index in [2.05, 4.69) is 0 Å². The summed E-state index contributed by atoms with van der Waals surface area (Å²) in [5.74, 6) is -1.92. The molecular formula is C13H10F2O. The van der Waals surface area contributed by atoms with Gasteiger partial charge in [-0.15, -0.1) is 0 Å². The van der Waals surface area contributed by atoms with Gasteiger partial charge in [0, 0.05) is 11.1 Å². The summed E-state index contributed by atoms with van der Waals surface area (Å²) >= 11 is 0. The highest BCUT2D eigenvalue weighted by Crippen LogP contribution is 2.32. The van der Waals surface area contributed by atoms with Gasteiger partial charge in [-0.3, -0.25) is 0 Å². The fourth-order valence-electron chi connectivity index (χ4n) is 1.58. The molecule has 0 heterocycles. The zero-order valence-corrected chi connectivity index (χ0v) is 8.67. The summed E-state index contributed by atoms with van der Waals surface area (Å²) in [6.07, 6.45) is 0. The summed E-state index contributed by atoms with van der Waals surface area (Å²) < 4.78 is 26.6. The number of halogens is 2. The maximum Gasteiger partial charge on any atom is 0.166 e. The number of benzene rings is 2. The molecule has 1 N–H and O–H groups in total. The highest BCUT2D eigenvalue weighted by molar-refractivity contribution is 5.71. The molecule has 2 aromatic carbocycles. The van der Waals surface area contributed by atoms with Crippen molar-refractivity contribution in [3.63, 3.8) is 0 Å². The average molecular weight is 220 g/mol. The first-order valence-electron chi connectivity index (χ1n) is 4.83. The standard InChI is InChI=1S/C13H10F2O/c1-8-5-6-12(16)10(7-8)9-3-2-4-11(14)13(9)15/h2-7,16H,1H3. The molecule has 0 aromatic heterocycles. The number of aryl methyl sites for hydroxylation is 1. The molecule has 0 aliphatic carbocycles. The van der Waals surface area contributed by atoms with Gasteiger partial charge in [0.1, 0.15) is 5.75 Å². The van der Waals surface area contributed by atoms with Gasteiger partial charge in [-0.25, -0.2) is 8.78 Å². The van der Waals surface area contributed by atoms with Gasteiger partial charge in [0.25, 0.3) is 0 Å². The van der Waals surface area contributed by atoms with E-state index in [4.69, 9.17) is 0 Å². The maximum atomic E-state index is 13.5. The minimum absolute atomic E-state index is 0.0601. The summed E-state index contributed by atoms with van der Waals surface area (Å²) in [7, 11) is 0. The molecule has 16 heavy (non-hydrogen) atoms. The summed E-state index contributed by atoms with van der Waals surface area (Å²) in [6, 6.07) is 8.69. The molecule has 0 bridgehead atoms. The molecule has 0 radical (unpaired) electrons. The van der Waals surface area contributed by atoms with E-state index in [0.29, 0.717) is 5.56 Å². The van der Waals surface area contributed by atoms with Gasteiger partial charge in [-0.2, -0.15) is 0 Å². The third kappa shape index (κ3) is 1.76. The monoisotopic (exact) mass is 220 g/mol. The molecule has 3 heteroatoms. The Morgan fingerprint density at radius 1 is 1.00 bits per heavy atom. The Labute approximate surface area is 92.0 Å². The van der Waals surface area contributed by atoms with Crippen LogP contribution in [0.3, 0.4) is 0 Å². The third-order valence-electron chi connectivity index (χ3n) is 2.39. The van der Waals surface area contributed by atoms with Gasteiger partial charge in [-0.05, 0) is 25.1 Å². The molecule has 82 valence electrons. The predicted octanol–water partition coefficient (Wildman–Crippen LogP) is 3.65. The molecule has 0 saturated carbocycles. The normalized spacial score (nSPS) is 10.4. The SMILES string of the molecule is Cc1ccc(O)c(-c2cccc(F)c2F)c1. The Kier molecular flexibility index (Phi) is 2.60. The van der Waals surface area contributed by atoms with Gasteiger partial charge < -0.3 is 5.11 Å². The van der Waals surface area contributed by atoms with Gasteiger partial charge in [-0.1, -0.05) is 23.8 Å². The summed E-state index contributed by atoms with van der Waals surface area (Å²) in [5, 5.41) is 9.61. The van der Waals surface area contributed by atoms with Crippen molar-refractivity contribution in [1.82, 2.24) is 0 Å². The quantitative estimate of drug-likeness (QED) is 0.777. The van der Waals surface area contributed by atoms with Crippen LogP contribution in [0.5, 0.6) is 5.75 Å². The first-order valence-corrected chi connectivity index (χ1v) is 4.83. The fourth-order valence-corrected chi connectivity index (χ4v) is 1.58. The topological polar surface area (TPSA) is 20.2 Å². The van der Waals surface area contributed by atoms with Crippen LogP contribution in [-0.2, 0) is 0 Å². The molecule has 0 fully saturated rings. The minimum atomic E-state index is -0.941. The van der Waals surface area contributed by atoms with Crippen molar-refractivity contribution in [2.24, 2.45) is 0 Å². The number of aromatic hydroxyl groups is 1. The average Bonchev–Trinajstić information content (AvgIpc) is 2.26. The highest BCUT2D eigenvalue weighted by Gasteiger charge is 2.12. The molecule has 2 aromatic rings. The Balaban J connectivity index is 2.67. The van der Waals surface area contributed by atoms with E-state index in [-0.39, 0.29) is 11.3 Å². The molecule has 0 saturated heterocycles. The van der Waals surface area contributed by atoms with E-state index in [1.165, 1.54) is 18.2 Å². The maximum absolute atomic E-state index is 13.5. The Bertz CT molecular complexity index is 535. The second-order valence-corrected chi connectivity index (χ2v) is 3.62. The van der Waals surface area contributed by atoms with Gasteiger partial charge in [0.05, 0.1) is 0 Å². The zero-order valence-electron chi connectivity index (χ0n) is 8.67. The van der Waals surface area contributed by atoms with Crippen molar-refractivity contribution >= 4 is 0 Å². The van der Waals surface area contributed by atoms with Crippen LogP contribution >= 0.6 is 0 Å². The van der Waals surface area contributed by atoms with Crippen LogP contribution in [0.4, 0.5) is 8.78 Å². The van der Waals surface area contributed by atoms with Crippen molar-refractivity contribution < 1.29 is 13.9 Å². The lowest BCUT2D eigenvalue weighted by atomic mass is 10.0. The number of hydrogen-bond acceptors (Lipinski definition) is 1. The minimum Gasteiger partial charge on any atom is -0.507 e. The van der Waals surface area contributed by atoms with Crippen LogP contribution < -0.4 is 0 Å². The van der Waals surface area contributed by atoms with Crippen LogP contribution in [0.1, 0.15) is 5.56 Å². The van der Waals surface area contributed by atoms with Crippen molar-refractivity contribution in [2.45, 2.75) is 6.92 Å². The lowest BCUT2D eigenvalue weighted by molar-refractivity contribution is 0.475. The van der Waals surface area contributed by atoms with Crippen LogP contribution in [0, 0.1) is 18.6 Å².